The summed E-state index contributed by atoms with van der Waals surface area (Å²) < 4.78 is 5.21. The molecule has 2 heteroatoms. The van der Waals surface area contributed by atoms with Gasteiger partial charge in [0.05, 0.1) is 12.7 Å². The third kappa shape index (κ3) is 2.55. The smallest absolute Gasteiger partial charge is 0.0813 e. The number of hydrogen-bond donors (Lipinski definition) is 0. The Labute approximate surface area is 83.7 Å². The molecule has 1 saturated heterocycles. The Balaban J connectivity index is 1.88. The maximum Gasteiger partial charge on any atom is 0.0813 e. The fourth-order valence-corrected chi connectivity index (χ4v) is 2.56. The lowest BCUT2D eigenvalue weighted by Crippen LogP contribution is -1.92. The van der Waals surface area contributed by atoms with Crippen LogP contribution in [0.15, 0.2) is 11.4 Å². The minimum atomic E-state index is 0.580. The summed E-state index contributed by atoms with van der Waals surface area (Å²) in [6.07, 6.45) is 5.51. The van der Waals surface area contributed by atoms with Crippen LogP contribution in [0.1, 0.15) is 30.2 Å². The molecule has 2 rings (SSSR count). The highest BCUT2D eigenvalue weighted by Crippen LogP contribution is 2.23. The van der Waals surface area contributed by atoms with Crippen molar-refractivity contribution in [3.8, 4) is 0 Å². The number of rotatable bonds is 5. The summed E-state index contributed by atoms with van der Waals surface area (Å²) in [5.74, 6) is 0. The van der Waals surface area contributed by atoms with Gasteiger partial charge in [-0.3, -0.25) is 0 Å². The number of aryl methyl sites for hydroxylation is 2. The van der Waals surface area contributed by atoms with Crippen LogP contribution in [0.2, 0.25) is 0 Å². The summed E-state index contributed by atoms with van der Waals surface area (Å²) in [5.41, 5.74) is 1.56. The van der Waals surface area contributed by atoms with Gasteiger partial charge in [-0.05, 0) is 36.3 Å². The SMILES string of the molecule is CCCc1ccsc1CC[C@H]1CO1. The lowest BCUT2D eigenvalue weighted by Gasteiger charge is -2.00. The highest BCUT2D eigenvalue weighted by molar-refractivity contribution is 7.10. The van der Waals surface area contributed by atoms with E-state index >= 15 is 0 Å². The zero-order valence-electron chi connectivity index (χ0n) is 8.08. The van der Waals surface area contributed by atoms with E-state index in [4.69, 9.17) is 4.74 Å². The first-order chi connectivity index (χ1) is 6.40. The molecule has 0 saturated carbocycles. The molecule has 1 aliphatic rings. The molecule has 1 nitrogen and oxygen atoms in total. The first-order valence-electron chi connectivity index (χ1n) is 5.07. The van der Waals surface area contributed by atoms with Gasteiger partial charge in [-0.2, -0.15) is 0 Å². The van der Waals surface area contributed by atoms with Gasteiger partial charge in [-0.25, -0.2) is 0 Å². The second-order valence-electron chi connectivity index (χ2n) is 3.61. The van der Waals surface area contributed by atoms with E-state index in [-0.39, 0.29) is 0 Å². The van der Waals surface area contributed by atoms with Crippen LogP contribution in [-0.4, -0.2) is 12.7 Å². The third-order valence-corrected chi connectivity index (χ3v) is 3.48. The van der Waals surface area contributed by atoms with Crippen LogP contribution in [0.5, 0.6) is 0 Å². The van der Waals surface area contributed by atoms with Crippen molar-refractivity contribution in [1.82, 2.24) is 0 Å². The Morgan fingerprint density at radius 3 is 3.08 bits per heavy atom. The second kappa shape index (κ2) is 4.25. The van der Waals surface area contributed by atoms with E-state index in [1.807, 2.05) is 11.3 Å². The minimum Gasteiger partial charge on any atom is -0.373 e. The molecular formula is C11H16OS. The van der Waals surface area contributed by atoms with Gasteiger partial charge in [0, 0.05) is 4.88 Å². The molecule has 0 bridgehead atoms. The standard InChI is InChI=1S/C11H16OS/c1-2-3-9-6-7-13-11(9)5-4-10-8-12-10/h6-7,10H,2-5,8H2,1H3/t10-/m0/s1. The van der Waals surface area contributed by atoms with Crippen molar-refractivity contribution < 1.29 is 4.74 Å². The summed E-state index contributed by atoms with van der Waals surface area (Å²) in [7, 11) is 0. The molecule has 0 unspecified atom stereocenters. The molecular weight excluding hydrogens is 180 g/mol. The number of ether oxygens (including phenoxy) is 1. The molecule has 1 aliphatic heterocycles. The Kier molecular flexibility index (Phi) is 3.01. The fourth-order valence-electron chi connectivity index (χ4n) is 1.61. The van der Waals surface area contributed by atoms with E-state index in [1.54, 1.807) is 10.4 Å². The highest BCUT2D eigenvalue weighted by Gasteiger charge is 2.22. The van der Waals surface area contributed by atoms with Gasteiger partial charge in [0.25, 0.3) is 0 Å². The van der Waals surface area contributed by atoms with Crippen molar-refractivity contribution in [2.24, 2.45) is 0 Å². The van der Waals surface area contributed by atoms with Gasteiger partial charge in [0.2, 0.25) is 0 Å². The van der Waals surface area contributed by atoms with Crippen molar-refractivity contribution >= 4 is 11.3 Å². The molecule has 0 aromatic carbocycles. The molecule has 0 spiro atoms. The van der Waals surface area contributed by atoms with Crippen molar-refractivity contribution in [1.29, 1.82) is 0 Å². The zero-order chi connectivity index (χ0) is 9.10. The Morgan fingerprint density at radius 1 is 1.54 bits per heavy atom. The molecule has 1 aromatic heterocycles. The van der Waals surface area contributed by atoms with Crippen LogP contribution in [0.3, 0.4) is 0 Å². The van der Waals surface area contributed by atoms with Crippen LogP contribution in [-0.2, 0) is 17.6 Å². The zero-order valence-corrected chi connectivity index (χ0v) is 8.90. The van der Waals surface area contributed by atoms with Crippen LogP contribution in [0, 0.1) is 0 Å². The van der Waals surface area contributed by atoms with Crippen molar-refractivity contribution in [3.05, 3.63) is 21.9 Å². The second-order valence-corrected chi connectivity index (χ2v) is 4.61. The largest absolute Gasteiger partial charge is 0.373 e. The van der Waals surface area contributed by atoms with E-state index in [2.05, 4.69) is 18.4 Å². The maximum atomic E-state index is 5.21. The van der Waals surface area contributed by atoms with Crippen LogP contribution >= 0.6 is 11.3 Å². The average Bonchev–Trinajstić information content (AvgIpc) is 2.86. The topological polar surface area (TPSA) is 12.5 Å². The van der Waals surface area contributed by atoms with E-state index in [0.717, 1.165) is 6.61 Å². The number of thiophene rings is 1. The summed E-state index contributed by atoms with van der Waals surface area (Å²) in [6.45, 7) is 3.24. The number of epoxide rings is 1. The summed E-state index contributed by atoms with van der Waals surface area (Å²) in [5, 5.41) is 2.22. The van der Waals surface area contributed by atoms with Gasteiger partial charge in [0.1, 0.15) is 0 Å². The third-order valence-electron chi connectivity index (χ3n) is 2.45. The summed E-state index contributed by atoms with van der Waals surface area (Å²) >= 11 is 1.90. The molecule has 0 radical (unpaired) electrons. The van der Waals surface area contributed by atoms with Crippen LogP contribution in [0.4, 0.5) is 0 Å². The molecule has 0 N–H and O–H groups in total. The predicted octanol–water partition coefficient (Wildman–Crippen LogP) is 3.03. The Hall–Kier alpha value is -0.340. The van der Waals surface area contributed by atoms with Gasteiger partial charge in [-0.1, -0.05) is 13.3 Å². The van der Waals surface area contributed by atoms with E-state index in [0.29, 0.717) is 6.10 Å². The van der Waals surface area contributed by atoms with E-state index in [1.165, 1.54) is 25.7 Å². The molecule has 72 valence electrons. The predicted molar refractivity (Wildman–Crippen MR) is 56.4 cm³/mol. The summed E-state index contributed by atoms with van der Waals surface area (Å²) in [4.78, 5) is 1.58. The van der Waals surface area contributed by atoms with Gasteiger partial charge in [-0.15, -0.1) is 11.3 Å². The molecule has 1 atom stereocenters. The Morgan fingerprint density at radius 2 is 2.38 bits per heavy atom. The fraction of sp³-hybridized carbons (Fsp3) is 0.636. The molecule has 13 heavy (non-hydrogen) atoms. The van der Waals surface area contributed by atoms with Gasteiger partial charge in [0.15, 0.2) is 0 Å². The first kappa shape index (κ1) is 9.22. The minimum absolute atomic E-state index is 0.580. The van der Waals surface area contributed by atoms with E-state index in [9.17, 15) is 0 Å². The monoisotopic (exact) mass is 196 g/mol. The number of hydrogen-bond acceptors (Lipinski definition) is 2. The molecule has 0 amide bonds. The van der Waals surface area contributed by atoms with Crippen LogP contribution in [0.25, 0.3) is 0 Å². The lowest BCUT2D eigenvalue weighted by molar-refractivity contribution is 0.397. The van der Waals surface area contributed by atoms with Crippen molar-refractivity contribution in [2.75, 3.05) is 6.61 Å². The molecule has 1 aromatic rings. The maximum absolute atomic E-state index is 5.21. The molecule has 0 aliphatic carbocycles. The lowest BCUT2D eigenvalue weighted by atomic mass is 10.1. The highest BCUT2D eigenvalue weighted by atomic mass is 32.1. The first-order valence-corrected chi connectivity index (χ1v) is 5.95. The summed E-state index contributed by atoms with van der Waals surface area (Å²) in [6, 6.07) is 2.28. The Bertz CT molecular complexity index is 263. The molecule has 2 heterocycles. The quantitative estimate of drug-likeness (QED) is 0.659. The van der Waals surface area contributed by atoms with Gasteiger partial charge >= 0.3 is 0 Å². The van der Waals surface area contributed by atoms with E-state index < -0.39 is 0 Å². The van der Waals surface area contributed by atoms with Crippen molar-refractivity contribution in [2.45, 2.75) is 38.7 Å². The molecule has 1 fully saturated rings. The van der Waals surface area contributed by atoms with Crippen molar-refractivity contribution in [3.63, 3.8) is 0 Å². The van der Waals surface area contributed by atoms with Gasteiger partial charge < -0.3 is 4.74 Å². The van der Waals surface area contributed by atoms with Crippen LogP contribution < -0.4 is 0 Å². The normalized spacial score (nSPS) is 20.5. The average molecular weight is 196 g/mol.